The number of hydrogen-bond acceptors (Lipinski definition) is 9. The van der Waals surface area contributed by atoms with Gasteiger partial charge in [0.1, 0.15) is 11.4 Å². The summed E-state index contributed by atoms with van der Waals surface area (Å²) < 4.78 is 20.6. The molecule has 0 unspecified atom stereocenters. The number of nitrogens with one attached hydrogen (secondary N) is 1. The van der Waals surface area contributed by atoms with Gasteiger partial charge in [-0.1, -0.05) is 23.7 Å². The van der Waals surface area contributed by atoms with Gasteiger partial charge < -0.3 is 24.3 Å². The van der Waals surface area contributed by atoms with Crippen molar-refractivity contribution < 1.29 is 38.1 Å². The highest BCUT2D eigenvalue weighted by molar-refractivity contribution is 6.30. The maximum Gasteiger partial charge on any atom is 0.355 e. The SMILES string of the molecule is CCOC(=O)C1=C(C(=O)OCC)C(c2cccc(Cl)c2)C(C(=O)OCC)=C(C(=O)OCC)N1. The van der Waals surface area contributed by atoms with Crippen LogP contribution in [0, 0.1) is 0 Å². The number of dihydropyridines is 1. The molecule has 0 fully saturated rings. The number of benzene rings is 1. The Morgan fingerprint density at radius 1 is 0.758 bits per heavy atom. The monoisotopic (exact) mass is 479 g/mol. The fraction of sp³-hybridized carbons (Fsp3) is 0.391. The average Bonchev–Trinajstić information content (AvgIpc) is 2.78. The van der Waals surface area contributed by atoms with Gasteiger partial charge in [-0.25, -0.2) is 19.2 Å². The van der Waals surface area contributed by atoms with Crippen LogP contribution in [0.5, 0.6) is 0 Å². The van der Waals surface area contributed by atoms with Gasteiger partial charge in [0.15, 0.2) is 0 Å². The molecule has 33 heavy (non-hydrogen) atoms. The third kappa shape index (κ3) is 5.92. The molecule has 1 aromatic carbocycles. The third-order valence-corrected chi connectivity index (χ3v) is 4.73. The first kappa shape index (κ1) is 25.9. The van der Waals surface area contributed by atoms with Gasteiger partial charge in [-0.3, -0.25) is 0 Å². The molecule has 0 amide bonds. The Balaban J connectivity index is 2.91. The molecule has 0 atom stereocenters. The molecule has 9 nitrogen and oxygen atoms in total. The smallest absolute Gasteiger partial charge is 0.355 e. The first-order valence-electron chi connectivity index (χ1n) is 10.5. The first-order valence-corrected chi connectivity index (χ1v) is 10.9. The van der Waals surface area contributed by atoms with E-state index in [0.717, 1.165) is 0 Å². The van der Waals surface area contributed by atoms with Gasteiger partial charge in [0.2, 0.25) is 0 Å². The van der Waals surface area contributed by atoms with Gasteiger partial charge in [0.25, 0.3) is 0 Å². The van der Waals surface area contributed by atoms with Crippen LogP contribution in [0.2, 0.25) is 5.02 Å². The van der Waals surface area contributed by atoms with Gasteiger partial charge in [0.05, 0.1) is 43.5 Å². The molecule has 0 aromatic heterocycles. The van der Waals surface area contributed by atoms with Crippen molar-refractivity contribution in [3.05, 3.63) is 57.4 Å². The summed E-state index contributed by atoms with van der Waals surface area (Å²) in [7, 11) is 0. The highest BCUT2D eigenvalue weighted by atomic mass is 35.5. The van der Waals surface area contributed by atoms with Crippen LogP contribution in [0.1, 0.15) is 39.2 Å². The Morgan fingerprint density at radius 2 is 1.18 bits per heavy atom. The van der Waals surface area contributed by atoms with E-state index in [0.29, 0.717) is 10.6 Å². The van der Waals surface area contributed by atoms with Crippen LogP contribution in [0.15, 0.2) is 46.8 Å². The number of ether oxygens (including phenoxy) is 4. The van der Waals surface area contributed by atoms with E-state index in [1.54, 1.807) is 45.9 Å². The molecule has 0 bridgehead atoms. The molecule has 0 radical (unpaired) electrons. The maximum absolute atomic E-state index is 13.1. The van der Waals surface area contributed by atoms with E-state index in [9.17, 15) is 19.2 Å². The van der Waals surface area contributed by atoms with E-state index in [2.05, 4.69) is 5.32 Å². The molecule has 0 saturated carbocycles. The number of halogens is 1. The van der Waals surface area contributed by atoms with Gasteiger partial charge >= 0.3 is 23.9 Å². The second kappa shape index (κ2) is 12.1. The van der Waals surface area contributed by atoms with E-state index in [1.807, 2.05) is 0 Å². The van der Waals surface area contributed by atoms with Crippen molar-refractivity contribution in [3.63, 3.8) is 0 Å². The summed E-state index contributed by atoms with van der Waals surface area (Å²) in [5.41, 5.74) is -0.742. The van der Waals surface area contributed by atoms with Crippen LogP contribution in [0.3, 0.4) is 0 Å². The molecule has 0 saturated heterocycles. The molecule has 1 N–H and O–H groups in total. The largest absolute Gasteiger partial charge is 0.463 e. The highest BCUT2D eigenvalue weighted by Gasteiger charge is 2.44. The van der Waals surface area contributed by atoms with Crippen LogP contribution < -0.4 is 5.32 Å². The minimum absolute atomic E-state index is 0.00386. The quantitative estimate of drug-likeness (QED) is 0.421. The summed E-state index contributed by atoms with van der Waals surface area (Å²) in [6.45, 7) is 6.39. The van der Waals surface area contributed by atoms with Gasteiger partial charge in [-0.2, -0.15) is 0 Å². The Bertz CT molecular complexity index is 942. The number of esters is 4. The molecule has 1 aliphatic heterocycles. The minimum Gasteiger partial charge on any atom is -0.463 e. The van der Waals surface area contributed by atoms with E-state index in [-0.39, 0.29) is 49.0 Å². The van der Waals surface area contributed by atoms with Gasteiger partial charge in [-0.05, 0) is 45.4 Å². The van der Waals surface area contributed by atoms with Crippen molar-refractivity contribution in [3.8, 4) is 0 Å². The summed E-state index contributed by atoms with van der Waals surface area (Å²) in [6.07, 6.45) is 0. The Morgan fingerprint density at radius 3 is 1.58 bits per heavy atom. The summed E-state index contributed by atoms with van der Waals surface area (Å²) in [6, 6.07) is 6.33. The standard InChI is InChI=1S/C23H26ClNO8/c1-5-30-20(26)16-15(13-10-9-11-14(24)12-13)17(21(27)31-6-2)19(23(29)33-8-4)25-18(16)22(28)32-7-3/h9-12,15,25H,5-8H2,1-4H3. The predicted molar refractivity (Wildman–Crippen MR) is 118 cm³/mol. The summed E-state index contributed by atoms with van der Waals surface area (Å²) in [5.74, 6) is -4.78. The Kier molecular flexibility index (Phi) is 9.47. The molecule has 2 rings (SSSR count). The van der Waals surface area contributed by atoms with Crippen LogP contribution in [-0.2, 0) is 38.1 Å². The van der Waals surface area contributed by atoms with Crippen LogP contribution >= 0.6 is 11.6 Å². The normalized spacial score (nSPS) is 13.8. The Labute approximate surface area is 196 Å². The lowest BCUT2D eigenvalue weighted by atomic mass is 9.80. The second-order valence-electron chi connectivity index (χ2n) is 6.57. The molecule has 178 valence electrons. The van der Waals surface area contributed by atoms with Crippen LogP contribution in [-0.4, -0.2) is 50.3 Å². The van der Waals surface area contributed by atoms with Crippen molar-refractivity contribution in [1.29, 1.82) is 0 Å². The third-order valence-electron chi connectivity index (χ3n) is 4.50. The van der Waals surface area contributed by atoms with E-state index < -0.39 is 29.8 Å². The van der Waals surface area contributed by atoms with Crippen molar-refractivity contribution in [2.45, 2.75) is 33.6 Å². The van der Waals surface area contributed by atoms with Crippen molar-refractivity contribution in [1.82, 2.24) is 5.32 Å². The van der Waals surface area contributed by atoms with E-state index >= 15 is 0 Å². The van der Waals surface area contributed by atoms with Crippen molar-refractivity contribution in [2.75, 3.05) is 26.4 Å². The van der Waals surface area contributed by atoms with Crippen molar-refractivity contribution in [2.24, 2.45) is 0 Å². The zero-order valence-corrected chi connectivity index (χ0v) is 19.6. The average molecular weight is 480 g/mol. The summed E-state index contributed by atoms with van der Waals surface area (Å²) in [5, 5.41) is 2.90. The summed E-state index contributed by atoms with van der Waals surface area (Å²) >= 11 is 6.17. The second-order valence-corrected chi connectivity index (χ2v) is 7.01. The highest BCUT2D eigenvalue weighted by Crippen LogP contribution is 2.40. The molecule has 10 heteroatoms. The maximum atomic E-state index is 13.1. The number of hydrogen-bond donors (Lipinski definition) is 1. The molecule has 0 spiro atoms. The number of carbonyl (C=O) groups excluding carboxylic acids is 4. The van der Waals surface area contributed by atoms with Crippen LogP contribution in [0.4, 0.5) is 0 Å². The lowest BCUT2D eigenvalue weighted by molar-refractivity contribution is -0.144. The molecule has 1 aromatic rings. The molecular weight excluding hydrogens is 454 g/mol. The molecule has 0 aliphatic carbocycles. The molecule has 1 aliphatic rings. The number of rotatable bonds is 9. The zero-order chi connectivity index (χ0) is 24.5. The Hall–Kier alpha value is -3.33. The van der Waals surface area contributed by atoms with Gasteiger partial charge in [0, 0.05) is 5.02 Å². The van der Waals surface area contributed by atoms with E-state index in [4.69, 9.17) is 30.5 Å². The molecule has 1 heterocycles. The lowest BCUT2D eigenvalue weighted by Gasteiger charge is -2.30. The van der Waals surface area contributed by atoms with E-state index in [1.165, 1.54) is 6.07 Å². The number of carbonyl (C=O) groups is 4. The fourth-order valence-corrected chi connectivity index (χ4v) is 3.50. The van der Waals surface area contributed by atoms with Gasteiger partial charge in [-0.15, -0.1) is 0 Å². The summed E-state index contributed by atoms with van der Waals surface area (Å²) in [4.78, 5) is 51.8. The predicted octanol–water partition coefficient (Wildman–Crippen LogP) is 2.79. The fourth-order valence-electron chi connectivity index (χ4n) is 3.30. The topological polar surface area (TPSA) is 117 Å². The van der Waals surface area contributed by atoms with Crippen molar-refractivity contribution >= 4 is 35.5 Å². The van der Waals surface area contributed by atoms with Crippen LogP contribution in [0.25, 0.3) is 0 Å². The minimum atomic E-state index is -1.22. The zero-order valence-electron chi connectivity index (χ0n) is 18.9. The molecular formula is C23H26ClNO8. The lowest BCUT2D eigenvalue weighted by Crippen LogP contribution is -2.40. The first-order chi connectivity index (χ1) is 15.8.